The first-order chi connectivity index (χ1) is 6.03. The van der Waals surface area contributed by atoms with Crippen LogP contribution in [0, 0.1) is 0 Å². The second-order valence-electron chi connectivity index (χ2n) is 2.50. The molecule has 0 fully saturated rings. The highest BCUT2D eigenvalue weighted by atomic mass is 79.9. The molecule has 13 heavy (non-hydrogen) atoms. The van der Waals surface area contributed by atoms with Gasteiger partial charge in [-0.3, -0.25) is 5.84 Å². The molecule has 0 aliphatic rings. The minimum absolute atomic E-state index is 0.100. The second-order valence-corrected chi connectivity index (χ2v) is 5.17. The molecule has 6 heteroatoms. The van der Waals surface area contributed by atoms with Crippen molar-refractivity contribution in [3.8, 4) is 0 Å². The van der Waals surface area contributed by atoms with Crippen LogP contribution in [0.25, 0.3) is 0 Å². The number of hydrogen-bond acceptors (Lipinski definition) is 3. The topological polar surface area (TPSA) is 72.2 Å². The number of halogens is 1. The highest BCUT2D eigenvalue weighted by Gasteiger charge is 2.07. The molecule has 0 atom stereocenters. The molecule has 0 bridgehead atoms. The summed E-state index contributed by atoms with van der Waals surface area (Å²) in [5.41, 5.74) is 0.696. The summed E-state index contributed by atoms with van der Waals surface area (Å²) in [6, 6.07) is 7.00. The minimum Gasteiger partial charge on any atom is -0.258 e. The molecular formula is C7H9BrN2O2S. The maximum atomic E-state index is 11.0. The summed E-state index contributed by atoms with van der Waals surface area (Å²) in [7, 11) is -3.37. The first-order valence-corrected chi connectivity index (χ1v) is 5.92. The Hall–Kier alpha value is -0.430. The van der Waals surface area contributed by atoms with Crippen LogP contribution in [0.1, 0.15) is 5.56 Å². The number of hydrogen-bond donors (Lipinski definition) is 2. The number of hydrazine groups is 1. The third-order valence-electron chi connectivity index (χ3n) is 1.45. The van der Waals surface area contributed by atoms with Gasteiger partial charge in [-0.05, 0) is 17.7 Å². The van der Waals surface area contributed by atoms with E-state index in [0.717, 1.165) is 4.47 Å². The summed E-state index contributed by atoms with van der Waals surface area (Å²) in [4.78, 5) is 1.76. The van der Waals surface area contributed by atoms with Crippen molar-refractivity contribution in [2.75, 3.05) is 0 Å². The van der Waals surface area contributed by atoms with E-state index in [1.807, 2.05) is 0 Å². The summed E-state index contributed by atoms with van der Waals surface area (Å²) in [6.45, 7) is 0. The molecule has 0 amide bonds. The van der Waals surface area contributed by atoms with Gasteiger partial charge in [-0.25, -0.2) is 8.42 Å². The second kappa shape index (κ2) is 4.19. The molecule has 3 N–H and O–H groups in total. The lowest BCUT2D eigenvalue weighted by molar-refractivity contribution is 0.583. The van der Waals surface area contributed by atoms with Crippen molar-refractivity contribution in [1.29, 1.82) is 0 Å². The van der Waals surface area contributed by atoms with Crippen molar-refractivity contribution < 1.29 is 8.42 Å². The van der Waals surface area contributed by atoms with E-state index in [1.54, 1.807) is 29.1 Å². The highest BCUT2D eigenvalue weighted by Crippen LogP contribution is 2.11. The molecule has 1 aromatic rings. The average Bonchev–Trinajstić information content (AvgIpc) is 2.09. The zero-order valence-electron chi connectivity index (χ0n) is 6.70. The molecule has 0 radical (unpaired) electrons. The number of rotatable bonds is 3. The van der Waals surface area contributed by atoms with E-state index in [1.165, 1.54) is 0 Å². The lowest BCUT2D eigenvalue weighted by atomic mass is 10.2. The molecule has 0 aliphatic heterocycles. The molecule has 1 rings (SSSR count). The van der Waals surface area contributed by atoms with Gasteiger partial charge in [-0.15, -0.1) is 0 Å². The van der Waals surface area contributed by atoms with Crippen LogP contribution in [0.2, 0.25) is 0 Å². The van der Waals surface area contributed by atoms with Gasteiger partial charge in [-0.2, -0.15) is 4.83 Å². The first-order valence-electron chi connectivity index (χ1n) is 3.48. The fraction of sp³-hybridized carbons (Fsp3) is 0.143. The molecule has 1 aromatic carbocycles. The molecular weight excluding hydrogens is 256 g/mol. The summed E-state index contributed by atoms with van der Waals surface area (Å²) < 4.78 is 22.9. The molecule has 0 aliphatic carbocycles. The highest BCUT2D eigenvalue weighted by molar-refractivity contribution is 9.10. The molecule has 0 unspecified atom stereocenters. The molecule has 0 saturated heterocycles. The van der Waals surface area contributed by atoms with Crippen molar-refractivity contribution in [3.05, 3.63) is 34.3 Å². The largest absolute Gasteiger partial charge is 0.258 e. The van der Waals surface area contributed by atoms with E-state index < -0.39 is 10.0 Å². The first kappa shape index (κ1) is 10.6. The molecule has 0 heterocycles. The van der Waals surface area contributed by atoms with E-state index in [0.29, 0.717) is 5.56 Å². The summed E-state index contributed by atoms with van der Waals surface area (Å²) in [5, 5.41) is 0. The number of nitrogens with two attached hydrogens (primary N) is 1. The fourth-order valence-electron chi connectivity index (χ4n) is 0.842. The lowest BCUT2D eigenvalue weighted by Gasteiger charge is -2.01. The zero-order valence-corrected chi connectivity index (χ0v) is 9.10. The number of benzene rings is 1. The summed E-state index contributed by atoms with van der Waals surface area (Å²) >= 11 is 3.25. The Kier molecular flexibility index (Phi) is 3.43. The predicted octanol–water partition coefficient (Wildman–Crippen LogP) is 0.742. The van der Waals surface area contributed by atoms with Crippen molar-refractivity contribution in [1.82, 2.24) is 4.83 Å². The van der Waals surface area contributed by atoms with Gasteiger partial charge in [-0.1, -0.05) is 28.1 Å². The quantitative estimate of drug-likeness (QED) is 0.625. The van der Waals surface area contributed by atoms with Crippen LogP contribution in [-0.4, -0.2) is 8.42 Å². The van der Waals surface area contributed by atoms with Crippen molar-refractivity contribution in [2.45, 2.75) is 5.75 Å². The third kappa shape index (κ3) is 3.43. The van der Waals surface area contributed by atoms with Gasteiger partial charge in [0.1, 0.15) is 0 Å². The summed E-state index contributed by atoms with van der Waals surface area (Å²) in [5.74, 6) is 4.74. The Bertz CT molecular complexity index is 374. The van der Waals surface area contributed by atoms with Gasteiger partial charge >= 0.3 is 0 Å². The van der Waals surface area contributed by atoms with Gasteiger partial charge in [0.05, 0.1) is 5.75 Å². The monoisotopic (exact) mass is 264 g/mol. The van der Waals surface area contributed by atoms with Crippen LogP contribution in [0.15, 0.2) is 28.7 Å². The van der Waals surface area contributed by atoms with E-state index >= 15 is 0 Å². The van der Waals surface area contributed by atoms with Crippen LogP contribution in [0.3, 0.4) is 0 Å². The fourth-order valence-corrected chi connectivity index (χ4v) is 1.82. The standard InChI is InChI=1S/C7H9BrN2O2S/c8-7-3-1-6(2-4-7)5-13(11,12)10-9/h1-4,10H,5,9H2. The maximum Gasteiger partial charge on any atom is 0.228 e. The Morgan fingerprint density at radius 3 is 2.31 bits per heavy atom. The zero-order chi connectivity index (χ0) is 9.90. The van der Waals surface area contributed by atoms with E-state index in [-0.39, 0.29) is 5.75 Å². The molecule has 72 valence electrons. The summed E-state index contributed by atoms with van der Waals surface area (Å²) in [6.07, 6.45) is 0. The number of sulfonamides is 1. The van der Waals surface area contributed by atoms with Crippen LogP contribution < -0.4 is 10.7 Å². The SMILES string of the molecule is NNS(=O)(=O)Cc1ccc(Br)cc1. The van der Waals surface area contributed by atoms with Crippen LogP contribution in [0.4, 0.5) is 0 Å². The van der Waals surface area contributed by atoms with Gasteiger partial charge in [0.2, 0.25) is 10.0 Å². The van der Waals surface area contributed by atoms with Crippen molar-refractivity contribution >= 4 is 26.0 Å². The molecule has 0 saturated carbocycles. The van der Waals surface area contributed by atoms with Crippen molar-refractivity contribution in [3.63, 3.8) is 0 Å². The van der Waals surface area contributed by atoms with Crippen LogP contribution >= 0.6 is 15.9 Å². The Labute approximate surface area is 85.3 Å². The van der Waals surface area contributed by atoms with Gasteiger partial charge < -0.3 is 0 Å². The Balaban J connectivity index is 2.82. The normalized spacial score (nSPS) is 11.5. The third-order valence-corrected chi connectivity index (χ3v) is 3.05. The van der Waals surface area contributed by atoms with Gasteiger partial charge in [0.25, 0.3) is 0 Å². The van der Waals surface area contributed by atoms with E-state index in [2.05, 4.69) is 15.9 Å². The molecule has 0 aromatic heterocycles. The Morgan fingerprint density at radius 2 is 1.85 bits per heavy atom. The Morgan fingerprint density at radius 1 is 1.31 bits per heavy atom. The lowest BCUT2D eigenvalue weighted by Crippen LogP contribution is -2.31. The van der Waals surface area contributed by atoms with Crippen LogP contribution in [-0.2, 0) is 15.8 Å². The maximum absolute atomic E-state index is 11.0. The van der Waals surface area contributed by atoms with Gasteiger partial charge in [0.15, 0.2) is 0 Å². The molecule has 4 nitrogen and oxygen atoms in total. The van der Waals surface area contributed by atoms with Crippen molar-refractivity contribution in [2.24, 2.45) is 5.84 Å². The van der Waals surface area contributed by atoms with Crippen LogP contribution in [0.5, 0.6) is 0 Å². The minimum atomic E-state index is -3.37. The average molecular weight is 265 g/mol. The molecule has 0 spiro atoms. The van der Waals surface area contributed by atoms with E-state index in [9.17, 15) is 8.42 Å². The smallest absolute Gasteiger partial charge is 0.228 e. The predicted molar refractivity (Wildman–Crippen MR) is 54.1 cm³/mol. The number of nitrogens with one attached hydrogen (secondary N) is 1. The van der Waals surface area contributed by atoms with E-state index in [4.69, 9.17) is 5.84 Å². The van der Waals surface area contributed by atoms with Gasteiger partial charge in [0, 0.05) is 4.47 Å².